The molecule has 0 amide bonds. The smallest absolute Gasteiger partial charge is 0.00103 e. The molecule has 0 fully saturated rings. The number of hydrogen-bond acceptors (Lipinski definition) is 1. The van der Waals surface area contributed by atoms with Crippen LogP contribution in [0.25, 0.3) is 0 Å². The molecule has 1 N–H and O–H groups in total. The standard InChI is InChI=1S/C22H47N/c1-4-5-6-7-8-9-10-11-12-13-14-15-16-17-18-19-20-21-23-22(2)3/h22-23H,4-21H2,1-3H3. The first-order valence-corrected chi connectivity index (χ1v) is 11.0. The monoisotopic (exact) mass is 325 g/mol. The summed E-state index contributed by atoms with van der Waals surface area (Å²) in [5, 5.41) is 3.50. The summed E-state index contributed by atoms with van der Waals surface area (Å²) in [7, 11) is 0. The molecule has 0 bridgehead atoms. The van der Waals surface area contributed by atoms with Crippen molar-refractivity contribution < 1.29 is 0 Å². The maximum atomic E-state index is 3.50. The zero-order valence-electron chi connectivity index (χ0n) is 16.8. The second-order valence-corrected chi connectivity index (χ2v) is 7.77. The van der Waals surface area contributed by atoms with Gasteiger partial charge in [0.1, 0.15) is 0 Å². The van der Waals surface area contributed by atoms with Crippen molar-refractivity contribution in [2.45, 2.75) is 136 Å². The van der Waals surface area contributed by atoms with E-state index in [9.17, 15) is 0 Å². The van der Waals surface area contributed by atoms with Gasteiger partial charge in [0.25, 0.3) is 0 Å². The van der Waals surface area contributed by atoms with Gasteiger partial charge in [-0.1, -0.05) is 124 Å². The average Bonchev–Trinajstić information content (AvgIpc) is 2.53. The summed E-state index contributed by atoms with van der Waals surface area (Å²) >= 11 is 0. The van der Waals surface area contributed by atoms with E-state index in [1.54, 1.807) is 0 Å². The van der Waals surface area contributed by atoms with Gasteiger partial charge in [-0.25, -0.2) is 0 Å². The molecule has 140 valence electrons. The second kappa shape index (κ2) is 20.0. The van der Waals surface area contributed by atoms with Crippen molar-refractivity contribution in [3.8, 4) is 0 Å². The number of hydrogen-bond donors (Lipinski definition) is 1. The number of nitrogens with one attached hydrogen (secondary N) is 1. The first kappa shape index (κ1) is 23.0. The van der Waals surface area contributed by atoms with Crippen molar-refractivity contribution in [2.75, 3.05) is 6.54 Å². The predicted molar refractivity (Wildman–Crippen MR) is 107 cm³/mol. The highest BCUT2D eigenvalue weighted by Crippen LogP contribution is 2.13. The van der Waals surface area contributed by atoms with Crippen LogP contribution in [-0.4, -0.2) is 12.6 Å². The number of unbranched alkanes of at least 4 members (excludes halogenated alkanes) is 16. The fourth-order valence-electron chi connectivity index (χ4n) is 3.24. The summed E-state index contributed by atoms with van der Waals surface area (Å²) in [6.45, 7) is 7.96. The maximum Gasteiger partial charge on any atom is 0.00103 e. The van der Waals surface area contributed by atoms with E-state index in [1.807, 2.05) is 0 Å². The molecule has 1 nitrogen and oxygen atoms in total. The van der Waals surface area contributed by atoms with E-state index >= 15 is 0 Å². The van der Waals surface area contributed by atoms with Gasteiger partial charge in [0.2, 0.25) is 0 Å². The Bertz CT molecular complexity index is 200. The SMILES string of the molecule is CCCCCCCCCCCCCCCCCCCNC(C)C. The molecule has 0 aliphatic heterocycles. The molecule has 0 heterocycles. The first-order valence-electron chi connectivity index (χ1n) is 11.0. The van der Waals surface area contributed by atoms with Crippen LogP contribution in [0.4, 0.5) is 0 Å². The number of rotatable bonds is 19. The van der Waals surface area contributed by atoms with Gasteiger partial charge < -0.3 is 5.32 Å². The third kappa shape index (κ3) is 22.0. The van der Waals surface area contributed by atoms with E-state index in [0.29, 0.717) is 6.04 Å². The minimum atomic E-state index is 0.649. The fourth-order valence-corrected chi connectivity index (χ4v) is 3.24. The van der Waals surface area contributed by atoms with E-state index in [4.69, 9.17) is 0 Å². The Hall–Kier alpha value is -0.0400. The molecule has 0 unspecified atom stereocenters. The molecule has 0 aromatic rings. The van der Waals surface area contributed by atoms with E-state index < -0.39 is 0 Å². The molecule has 0 saturated carbocycles. The fraction of sp³-hybridized carbons (Fsp3) is 1.00. The van der Waals surface area contributed by atoms with Crippen molar-refractivity contribution >= 4 is 0 Å². The molecule has 0 radical (unpaired) electrons. The molecular formula is C22H47N. The third-order valence-electron chi connectivity index (χ3n) is 4.83. The van der Waals surface area contributed by atoms with Crippen LogP contribution in [0.3, 0.4) is 0 Å². The van der Waals surface area contributed by atoms with Crippen LogP contribution in [0.5, 0.6) is 0 Å². The van der Waals surface area contributed by atoms with Crippen LogP contribution in [0.1, 0.15) is 130 Å². The Morgan fingerprint density at radius 2 is 0.783 bits per heavy atom. The highest BCUT2D eigenvalue weighted by Gasteiger charge is 1.95. The van der Waals surface area contributed by atoms with Crippen molar-refractivity contribution in [3.05, 3.63) is 0 Å². The lowest BCUT2D eigenvalue weighted by Gasteiger charge is -2.07. The van der Waals surface area contributed by atoms with E-state index in [2.05, 4.69) is 26.1 Å². The summed E-state index contributed by atoms with van der Waals surface area (Å²) in [6.07, 6.45) is 24.7. The van der Waals surface area contributed by atoms with Crippen molar-refractivity contribution in [2.24, 2.45) is 0 Å². The Morgan fingerprint density at radius 1 is 0.478 bits per heavy atom. The van der Waals surface area contributed by atoms with Gasteiger partial charge in [-0.15, -0.1) is 0 Å². The lowest BCUT2D eigenvalue weighted by molar-refractivity contribution is 0.515. The minimum Gasteiger partial charge on any atom is -0.315 e. The highest BCUT2D eigenvalue weighted by atomic mass is 14.9. The lowest BCUT2D eigenvalue weighted by atomic mass is 10.0. The molecule has 23 heavy (non-hydrogen) atoms. The molecular weight excluding hydrogens is 278 g/mol. The van der Waals surface area contributed by atoms with Crippen molar-refractivity contribution in [1.82, 2.24) is 5.32 Å². The first-order chi connectivity index (χ1) is 11.3. The van der Waals surface area contributed by atoms with Gasteiger partial charge in [-0.3, -0.25) is 0 Å². The second-order valence-electron chi connectivity index (χ2n) is 7.77. The minimum absolute atomic E-state index is 0.649. The molecule has 0 spiro atoms. The van der Waals surface area contributed by atoms with Gasteiger partial charge in [0, 0.05) is 6.04 Å². The van der Waals surface area contributed by atoms with Crippen molar-refractivity contribution in [3.63, 3.8) is 0 Å². The zero-order chi connectivity index (χ0) is 17.0. The van der Waals surface area contributed by atoms with Crippen LogP contribution >= 0.6 is 0 Å². The van der Waals surface area contributed by atoms with Crippen LogP contribution in [0.2, 0.25) is 0 Å². The molecule has 0 aliphatic carbocycles. The Labute approximate surface area is 148 Å². The highest BCUT2D eigenvalue weighted by molar-refractivity contribution is 4.54. The largest absolute Gasteiger partial charge is 0.315 e. The molecule has 0 aromatic heterocycles. The van der Waals surface area contributed by atoms with E-state index in [0.717, 1.165) is 0 Å². The van der Waals surface area contributed by atoms with Gasteiger partial charge in [0.15, 0.2) is 0 Å². The van der Waals surface area contributed by atoms with Crippen LogP contribution in [0, 0.1) is 0 Å². The quantitative estimate of drug-likeness (QED) is 0.241. The third-order valence-corrected chi connectivity index (χ3v) is 4.83. The molecule has 0 aromatic carbocycles. The molecule has 0 atom stereocenters. The van der Waals surface area contributed by atoms with Gasteiger partial charge in [0.05, 0.1) is 0 Å². The van der Waals surface area contributed by atoms with Crippen LogP contribution in [0.15, 0.2) is 0 Å². The van der Waals surface area contributed by atoms with Crippen LogP contribution in [-0.2, 0) is 0 Å². The normalized spacial score (nSPS) is 11.5. The summed E-state index contributed by atoms with van der Waals surface area (Å²) in [5.74, 6) is 0. The topological polar surface area (TPSA) is 12.0 Å². The summed E-state index contributed by atoms with van der Waals surface area (Å²) < 4.78 is 0. The lowest BCUT2D eigenvalue weighted by Crippen LogP contribution is -2.23. The Kier molecular flexibility index (Phi) is 20.0. The summed E-state index contributed by atoms with van der Waals surface area (Å²) in [5.41, 5.74) is 0. The Balaban J connectivity index is 2.95. The average molecular weight is 326 g/mol. The summed E-state index contributed by atoms with van der Waals surface area (Å²) in [6, 6.07) is 0.649. The Morgan fingerprint density at radius 3 is 1.09 bits per heavy atom. The molecule has 0 rings (SSSR count). The molecule has 0 aliphatic rings. The van der Waals surface area contributed by atoms with Gasteiger partial charge in [-0.05, 0) is 13.0 Å². The zero-order valence-corrected chi connectivity index (χ0v) is 16.8. The van der Waals surface area contributed by atoms with Gasteiger partial charge >= 0.3 is 0 Å². The maximum absolute atomic E-state index is 3.50. The van der Waals surface area contributed by atoms with Gasteiger partial charge in [-0.2, -0.15) is 0 Å². The molecule has 1 heteroatoms. The van der Waals surface area contributed by atoms with E-state index in [1.165, 1.54) is 116 Å². The van der Waals surface area contributed by atoms with Crippen LogP contribution < -0.4 is 5.32 Å². The van der Waals surface area contributed by atoms with Crippen molar-refractivity contribution in [1.29, 1.82) is 0 Å². The van der Waals surface area contributed by atoms with E-state index in [-0.39, 0.29) is 0 Å². The predicted octanol–water partition coefficient (Wildman–Crippen LogP) is 7.64. The molecule has 0 saturated heterocycles. The summed E-state index contributed by atoms with van der Waals surface area (Å²) in [4.78, 5) is 0.